The zero-order valence-electron chi connectivity index (χ0n) is 10.0. The van der Waals surface area contributed by atoms with E-state index < -0.39 is 5.97 Å². The molecule has 0 saturated heterocycles. The van der Waals surface area contributed by atoms with Crippen LogP contribution in [0.3, 0.4) is 0 Å². The van der Waals surface area contributed by atoms with Gasteiger partial charge >= 0.3 is 5.97 Å². The third kappa shape index (κ3) is 2.02. The van der Waals surface area contributed by atoms with Gasteiger partial charge in [0, 0.05) is 18.0 Å². The highest BCUT2D eigenvalue weighted by molar-refractivity contribution is 5.92. The number of hydrogen-bond donors (Lipinski definition) is 1. The van der Waals surface area contributed by atoms with Crippen LogP contribution < -0.4 is 4.74 Å². The minimum atomic E-state index is -0.961. The Labute approximate surface area is 104 Å². The zero-order chi connectivity index (χ0) is 13.1. The van der Waals surface area contributed by atoms with Crippen molar-refractivity contribution in [3.05, 3.63) is 41.7 Å². The molecule has 0 unspecified atom stereocenters. The molecule has 0 fully saturated rings. The zero-order valence-corrected chi connectivity index (χ0v) is 10.0. The smallest absolute Gasteiger partial charge is 0.335 e. The van der Waals surface area contributed by atoms with Gasteiger partial charge in [-0.3, -0.25) is 0 Å². The summed E-state index contributed by atoms with van der Waals surface area (Å²) < 4.78 is 5.13. The molecule has 18 heavy (non-hydrogen) atoms. The summed E-state index contributed by atoms with van der Waals surface area (Å²) in [5.74, 6) is -0.583. The standard InChI is InChI=1S/C13H12N2O3/c1-8-9(4-3-5-10(8)13(16)17)11-12(18-2)15-7-6-14-11/h3-7H,1-2H3,(H,16,17). The SMILES string of the molecule is COc1nccnc1-c1cccc(C(=O)O)c1C. The molecule has 0 aliphatic carbocycles. The highest BCUT2D eigenvalue weighted by Crippen LogP contribution is 2.29. The maximum Gasteiger partial charge on any atom is 0.335 e. The van der Waals surface area contributed by atoms with Gasteiger partial charge in [0.25, 0.3) is 0 Å². The third-order valence-corrected chi connectivity index (χ3v) is 2.68. The molecule has 5 nitrogen and oxygen atoms in total. The first kappa shape index (κ1) is 12.0. The maximum atomic E-state index is 11.1. The molecule has 2 aromatic rings. The van der Waals surface area contributed by atoms with Crippen LogP contribution in [0.15, 0.2) is 30.6 Å². The first-order valence-electron chi connectivity index (χ1n) is 5.33. The monoisotopic (exact) mass is 244 g/mol. The number of aromatic nitrogens is 2. The van der Waals surface area contributed by atoms with E-state index in [1.165, 1.54) is 13.3 Å². The Balaban J connectivity index is 2.64. The summed E-state index contributed by atoms with van der Waals surface area (Å²) in [6.45, 7) is 1.74. The van der Waals surface area contributed by atoms with Gasteiger partial charge in [-0.15, -0.1) is 0 Å². The van der Waals surface area contributed by atoms with Crippen LogP contribution in [0.5, 0.6) is 5.88 Å². The number of aromatic carboxylic acids is 1. The van der Waals surface area contributed by atoms with Crippen molar-refractivity contribution >= 4 is 5.97 Å². The molecule has 0 atom stereocenters. The first-order chi connectivity index (χ1) is 8.65. The molecule has 2 rings (SSSR count). The molecule has 0 amide bonds. The molecule has 0 radical (unpaired) electrons. The Morgan fingerprint density at radius 1 is 1.28 bits per heavy atom. The van der Waals surface area contributed by atoms with Gasteiger partial charge in [0.1, 0.15) is 5.69 Å². The van der Waals surface area contributed by atoms with Crippen molar-refractivity contribution in [2.24, 2.45) is 0 Å². The maximum absolute atomic E-state index is 11.1. The Morgan fingerprint density at radius 3 is 2.67 bits per heavy atom. The summed E-state index contributed by atoms with van der Waals surface area (Å²) in [6.07, 6.45) is 3.07. The fraction of sp³-hybridized carbons (Fsp3) is 0.154. The van der Waals surface area contributed by atoms with E-state index in [4.69, 9.17) is 9.84 Å². The van der Waals surface area contributed by atoms with Crippen LogP contribution >= 0.6 is 0 Å². The minimum absolute atomic E-state index is 0.250. The van der Waals surface area contributed by atoms with Crippen molar-refractivity contribution < 1.29 is 14.6 Å². The van der Waals surface area contributed by atoms with Crippen molar-refractivity contribution in [2.45, 2.75) is 6.92 Å². The lowest BCUT2D eigenvalue weighted by molar-refractivity contribution is 0.0696. The number of nitrogens with zero attached hydrogens (tertiary/aromatic N) is 2. The molecule has 1 aromatic heterocycles. The largest absolute Gasteiger partial charge is 0.479 e. The predicted octanol–water partition coefficient (Wildman–Crippen LogP) is 2.16. The summed E-state index contributed by atoms with van der Waals surface area (Å²) >= 11 is 0. The second kappa shape index (κ2) is 4.83. The molecule has 1 heterocycles. The number of benzene rings is 1. The fourth-order valence-electron chi connectivity index (χ4n) is 1.78. The van der Waals surface area contributed by atoms with Crippen LogP contribution in [0, 0.1) is 6.92 Å². The second-order valence-electron chi connectivity index (χ2n) is 3.70. The molecular weight excluding hydrogens is 232 g/mol. The van der Waals surface area contributed by atoms with E-state index in [0.717, 1.165) is 0 Å². The summed E-state index contributed by atoms with van der Waals surface area (Å²) in [7, 11) is 1.50. The van der Waals surface area contributed by atoms with Crippen molar-refractivity contribution in [2.75, 3.05) is 7.11 Å². The topological polar surface area (TPSA) is 72.3 Å². The average molecular weight is 244 g/mol. The predicted molar refractivity (Wildman–Crippen MR) is 65.7 cm³/mol. The number of rotatable bonds is 3. The van der Waals surface area contributed by atoms with E-state index in [1.807, 2.05) is 0 Å². The highest BCUT2D eigenvalue weighted by Gasteiger charge is 2.15. The third-order valence-electron chi connectivity index (χ3n) is 2.68. The number of carboxylic acids is 1. The molecule has 1 aromatic carbocycles. The summed E-state index contributed by atoms with van der Waals surface area (Å²) in [6, 6.07) is 5.04. The van der Waals surface area contributed by atoms with E-state index in [1.54, 1.807) is 31.3 Å². The van der Waals surface area contributed by atoms with Gasteiger partial charge in [0.15, 0.2) is 0 Å². The number of ether oxygens (including phenoxy) is 1. The molecule has 5 heteroatoms. The molecule has 1 N–H and O–H groups in total. The minimum Gasteiger partial charge on any atom is -0.479 e. The molecule has 0 saturated carbocycles. The van der Waals surface area contributed by atoms with Crippen LogP contribution in [0.4, 0.5) is 0 Å². The second-order valence-corrected chi connectivity index (χ2v) is 3.70. The molecular formula is C13H12N2O3. The fourth-order valence-corrected chi connectivity index (χ4v) is 1.78. The van der Waals surface area contributed by atoms with Crippen molar-refractivity contribution in [1.82, 2.24) is 9.97 Å². The Bertz CT molecular complexity index is 597. The lowest BCUT2D eigenvalue weighted by atomic mass is 10.00. The highest BCUT2D eigenvalue weighted by atomic mass is 16.5. The van der Waals surface area contributed by atoms with Crippen LogP contribution in [-0.4, -0.2) is 28.2 Å². The molecule has 0 aliphatic heterocycles. The van der Waals surface area contributed by atoms with Gasteiger partial charge in [0.05, 0.1) is 12.7 Å². The van der Waals surface area contributed by atoms with E-state index >= 15 is 0 Å². The van der Waals surface area contributed by atoms with E-state index in [2.05, 4.69) is 9.97 Å². The summed E-state index contributed by atoms with van der Waals surface area (Å²) in [4.78, 5) is 19.4. The molecule has 0 bridgehead atoms. The number of carbonyl (C=O) groups is 1. The lowest BCUT2D eigenvalue weighted by Crippen LogP contribution is -2.02. The molecule has 92 valence electrons. The summed E-state index contributed by atoms with van der Waals surface area (Å²) in [5.41, 5.74) is 2.14. The number of carboxylic acid groups (broad SMARTS) is 1. The van der Waals surface area contributed by atoms with Crippen LogP contribution in [0.1, 0.15) is 15.9 Å². The van der Waals surface area contributed by atoms with Gasteiger partial charge in [0.2, 0.25) is 5.88 Å². The first-order valence-corrected chi connectivity index (χ1v) is 5.33. The van der Waals surface area contributed by atoms with Gasteiger partial charge in [-0.2, -0.15) is 0 Å². The van der Waals surface area contributed by atoms with Crippen molar-refractivity contribution in [3.63, 3.8) is 0 Å². The van der Waals surface area contributed by atoms with Gasteiger partial charge in [-0.05, 0) is 18.6 Å². The van der Waals surface area contributed by atoms with E-state index in [-0.39, 0.29) is 5.56 Å². The Kier molecular flexibility index (Phi) is 3.23. The van der Waals surface area contributed by atoms with E-state index in [0.29, 0.717) is 22.7 Å². The van der Waals surface area contributed by atoms with Crippen molar-refractivity contribution in [3.8, 4) is 17.1 Å². The normalized spacial score (nSPS) is 10.1. The summed E-state index contributed by atoms with van der Waals surface area (Å²) in [5, 5.41) is 9.10. The Morgan fingerprint density at radius 2 is 2.00 bits per heavy atom. The van der Waals surface area contributed by atoms with Crippen LogP contribution in [0.25, 0.3) is 11.3 Å². The average Bonchev–Trinajstić information content (AvgIpc) is 2.38. The van der Waals surface area contributed by atoms with Crippen LogP contribution in [-0.2, 0) is 0 Å². The van der Waals surface area contributed by atoms with Crippen LogP contribution in [0.2, 0.25) is 0 Å². The molecule has 0 aliphatic rings. The quantitative estimate of drug-likeness (QED) is 0.895. The molecule has 0 spiro atoms. The number of hydrogen-bond acceptors (Lipinski definition) is 4. The van der Waals surface area contributed by atoms with Gasteiger partial charge in [-0.1, -0.05) is 12.1 Å². The van der Waals surface area contributed by atoms with Gasteiger partial charge in [-0.25, -0.2) is 14.8 Å². The number of methoxy groups -OCH3 is 1. The van der Waals surface area contributed by atoms with Gasteiger partial charge < -0.3 is 9.84 Å². The lowest BCUT2D eigenvalue weighted by Gasteiger charge is -2.10. The Hall–Kier alpha value is -2.43. The van der Waals surface area contributed by atoms with E-state index in [9.17, 15) is 4.79 Å². The van der Waals surface area contributed by atoms with Crippen molar-refractivity contribution in [1.29, 1.82) is 0 Å².